The lowest BCUT2D eigenvalue weighted by atomic mass is 10.0. The third-order valence-corrected chi connectivity index (χ3v) is 5.73. The topological polar surface area (TPSA) is 105 Å². The van der Waals surface area contributed by atoms with Gasteiger partial charge >= 0.3 is 0 Å². The lowest BCUT2D eigenvalue weighted by Gasteiger charge is -2.37. The summed E-state index contributed by atoms with van der Waals surface area (Å²) in [6.45, 7) is 3.77. The van der Waals surface area contributed by atoms with Crippen molar-refractivity contribution in [3.63, 3.8) is 0 Å². The molecule has 4 rings (SSSR count). The highest BCUT2D eigenvalue weighted by atomic mass is 16.6. The number of hydrogen-bond acceptors (Lipinski definition) is 6. The molecule has 3 heterocycles. The largest absolute Gasteiger partial charge is 0.490 e. The average molecular weight is 423 g/mol. The summed E-state index contributed by atoms with van der Waals surface area (Å²) >= 11 is 0. The molecule has 1 N–H and O–H groups in total. The lowest BCUT2D eigenvalue weighted by Crippen LogP contribution is -2.46. The molecule has 0 atom stereocenters. The minimum absolute atomic E-state index is 0.00953. The number of likely N-dealkylation sites (tertiary alicyclic amines) is 1. The van der Waals surface area contributed by atoms with Crippen LogP contribution in [0.25, 0.3) is 10.9 Å². The van der Waals surface area contributed by atoms with E-state index in [0.717, 1.165) is 24.4 Å². The number of piperidine rings is 1. The fourth-order valence-electron chi connectivity index (χ4n) is 4.06. The number of carbonyl (C=O) groups is 1. The van der Waals surface area contributed by atoms with Crippen LogP contribution in [-0.2, 0) is 0 Å². The van der Waals surface area contributed by atoms with Crippen molar-refractivity contribution in [2.24, 2.45) is 0 Å². The lowest BCUT2D eigenvalue weighted by molar-refractivity contribution is -0.384. The number of nitro groups is 1. The van der Waals surface area contributed by atoms with Crippen LogP contribution in [0.1, 0.15) is 30.3 Å². The Balaban J connectivity index is 1.43. The number of carbonyl (C=O) groups excluding carboxylic acids is 1. The van der Waals surface area contributed by atoms with Gasteiger partial charge in [0, 0.05) is 55.4 Å². The minimum Gasteiger partial charge on any atom is -0.490 e. The number of aromatic amines is 1. The van der Waals surface area contributed by atoms with Crippen molar-refractivity contribution >= 4 is 28.3 Å². The number of benzene rings is 1. The van der Waals surface area contributed by atoms with Crippen molar-refractivity contribution < 1.29 is 14.5 Å². The number of rotatable bonds is 6. The smallest absolute Gasteiger partial charge is 0.270 e. The number of non-ortho nitro benzene ring substituents is 1. The van der Waals surface area contributed by atoms with E-state index in [4.69, 9.17) is 4.74 Å². The molecule has 9 heteroatoms. The van der Waals surface area contributed by atoms with Crippen molar-refractivity contribution in [3.05, 3.63) is 58.4 Å². The van der Waals surface area contributed by atoms with E-state index >= 15 is 0 Å². The van der Waals surface area contributed by atoms with Gasteiger partial charge in [-0.3, -0.25) is 14.9 Å². The van der Waals surface area contributed by atoms with E-state index in [1.165, 1.54) is 12.1 Å². The summed E-state index contributed by atoms with van der Waals surface area (Å²) < 4.78 is 5.70. The Morgan fingerprint density at radius 2 is 2.10 bits per heavy atom. The molecule has 1 saturated heterocycles. The molecule has 162 valence electrons. The zero-order valence-corrected chi connectivity index (χ0v) is 17.6. The van der Waals surface area contributed by atoms with Crippen molar-refractivity contribution in [1.29, 1.82) is 0 Å². The maximum Gasteiger partial charge on any atom is 0.270 e. The summed E-state index contributed by atoms with van der Waals surface area (Å²) in [5.41, 5.74) is 1.17. The number of hydrogen-bond donors (Lipinski definition) is 1. The standard InChI is InChI=1S/C22H25N5O4/c1-3-31-20-5-4-10-23-21(20)25(2)16-8-11-26(12-9-16)22(28)19-14-15-13-17(27(29)30)6-7-18(15)24-19/h4-7,10,13-14,16,24H,3,8-9,11-12H2,1-2H3. The Labute approximate surface area is 179 Å². The zero-order valence-electron chi connectivity index (χ0n) is 17.6. The van der Waals surface area contributed by atoms with Crippen LogP contribution in [0.3, 0.4) is 0 Å². The van der Waals surface area contributed by atoms with Gasteiger partial charge in [-0.1, -0.05) is 0 Å². The van der Waals surface area contributed by atoms with E-state index in [2.05, 4.69) is 14.9 Å². The fourth-order valence-corrected chi connectivity index (χ4v) is 4.06. The fraction of sp³-hybridized carbons (Fsp3) is 0.364. The summed E-state index contributed by atoms with van der Waals surface area (Å²) in [6, 6.07) is 10.3. The number of fused-ring (bicyclic) bond motifs is 1. The molecular formula is C22H25N5O4. The molecule has 2 aromatic heterocycles. The zero-order chi connectivity index (χ0) is 22.0. The van der Waals surface area contributed by atoms with Crippen LogP contribution in [0, 0.1) is 10.1 Å². The number of pyridine rings is 1. The Bertz CT molecular complexity index is 1100. The van der Waals surface area contributed by atoms with Gasteiger partial charge in [0.05, 0.1) is 11.5 Å². The maximum absolute atomic E-state index is 13.0. The predicted molar refractivity (Wildman–Crippen MR) is 118 cm³/mol. The van der Waals surface area contributed by atoms with Gasteiger partial charge in [0.15, 0.2) is 11.6 Å². The van der Waals surface area contributed by atoms with Crippen LogP contribution < -0.4 is 9.64 Å². The van der Waals surface area contributed by atoms with Gasteiger partial charge in [0.2, 0.25) is 0 Å². The molecule has 3 aromatic rings. The van der Waals surface area contributed by atoms with Crippen LogP contribution in [0.2, 0.25) is 0 Å². The number of aromatic nitrogens is 2. The Hall–Kier alpha value is -3.62. The van der Waals surface area contributed by atoms with Crippen molar-refractivity contribution in [3.8, 4) is 5.75 Å². The molecule has 9 nitrogen and oxygen atoms in total. The van der Waals surface area contributed by atoms with E-state index in [1.807, 2.05) is 31.0 Å². The summed E-state index contributed by atoms with van der Waals surface area (Å²) in [5.74, 6) is 1.48. The molecule has 1 aromatic carbocycles. The second-order valence-corrected chi connectivity index (χ2v) is 7.60. The van der Waals surface area contributed by atoms with E-state index < -0.39 is 4.92 Å². The first kappa shape index (κ1) is 20.6. The summed E-state index contributed by atoms with van der Waals surface area (Å²) in [6.07, 6.45) is 3.39. The van der Waals surface area contributed by atoms with Crippen LogP contribution in [0.15, 0.2) is 42.6 Å². The van der Waals surface area contributed by atoms with Crippen molar-refractivity contribution in [2.75, 3.05) is 31.6 Å². The Kier molecular flexibility index (Phi) is 5.75. The van der Waals surface area contributed by atoms with Crippen LogP contribution in [-0.4, -0.2) is 58.5 Å². The molecule has 1 fully saturated rings. The number of nitrogens with zero attached hydrogens (tertiary/aromatic N) is 4. The molecule has 0 aliphatic carbocycles. The van der Waals surface area contributed by atoms with E-state index in [0.29, 0.717) is 36.3 Å². The molecule has 0 saturated carbocycles. The SMILES string of the molecule is CCOc1cccnc1N(C)C1CCN(C(=O)c2cc3cc([N+](=O)[O-])ccc3[nH]2)CC1. The van der Waals surface area contributed by atoms with Crippen LogP contribution in [0.4, 0.5) is 11.5 Å². The number of nitro benzene ring substituents is 1. The average Bonchev–Trinajstić information content (AvgIpc) is 3.22. The summed E-state index contributed by atoms with van der Waals surface area (Å²) in [7, 11) is 2.01. The third kappa shape index (κ3) is 4.16. The van der Waals surface area contributed by atoms with Crippen LogP contribution in [0.5, 0.6) is 5.75 Å². The number of amides is 1. The van der Waals surface area contributed by atoms with Gasteiger partial charge in [-0.05, 0) is 44.0 Å². The molecule has 31 heavy (non-hydrogen) atoms. The second-order valence-electron chi connectivity index (χ2n) is 7.60. The van der Waals surface area contributed by atoms with Gasteiger partial charge < -0.3 is 19.5 Å². The van der Waals surface area contributed by atoms with Crippen molar-refractivity contribution in [1.82, 2.24) is 14.9 Å². The molecule has 0 radical (unpaired) electrons. The number of anilines is 1. The molecule has 1 aliphatic rings. The minimum atomic E-state index is -0.437. The molecule has 0 unspecified atom stereocenters. The van der Waals surface area contributed by atoms with Gasteiger partial charge in [0.25, 0.3) is 11.6 Å². The van der Waals surface area contributed by atoms with Crippen LogP contribution >= 0.6 is 0 Å². The summed E-state index contributed by atoms with van der Waals surface area (Å²) in [5, 5.41) is 11.6. The molecule has 0 bridgehead atoms. The predicted octanol–water partition coefficient (Wildman–Crippen LogP) is 3.61. The van der Waals surface area contributed by atoms with E-state index in [1.54, 1.807) is 18.3 Å². The normalized spacial score (nSPS) is 14.6. The molecular weight excluding hydrogens is 398 g/mol. The number of H-pyrrole nitrogens is 1. The van der Waals surface area contributed by atoms with Gasteiger partial charge in [0.1, 0.15) is 5.69 Å². The van der Waals surface area contributed by atoms with Gasteiger partial charge in [-0.25, -0.2) is 4.98 Å². The monoisotopic (exact) mass is 423 g/mol. The van der Waals surface area contributed by atoms with Crippen molar-refractivity contribution in [2.45, 2.75) is 25.8 Å². The Morgan fingerprint density at radius 1 is 1.32 bits per heavy atom. The highest BCUT2D eigenvalue weighted by molar-refractivity contribution is 5.98. The van der Waals surface area contributed by atoms with Gasteiger partial charge in [-0.15, -0.1) is 0 Å². The second kappa shape index (κ2) is 8.63. The van der Waals surface area contributed by atoms with Gasteiger partial charge in [-0.2, -0.15) is 0 Å². The van der Waals surface area contributed by atoms with E-state index in [9.17, 15) is 14.9 Å². The van der Waals surface area contributed by atoms with E-state index in [-0.39, 0.29) is 17.6 Å². The number of ether oxygens (including phenoxy) is 1. The maximum atomic E-state index is 13.0. The highest BCUT2D eigenvalue weighted by Crippen LogP contribution is 2.29. The molecule has 1 aliphatic heterocycles. The highest BCUT2D eigenvalue weighted by Gasteiger charge is 2.28. The quantitative estimate of drug-likeness (QED) is 0.480. The molecule has 0 spiro atoms. The first-order valence-corrected chi connectivity index (χ1v) is 10.3. The molecule has 1 amide bonds. The third-order valence-electron chi connectivity index (χ3n) is 5.73. The first-order chi connectivity index (χ1) is 15.0. The first-order valence-electron chi connectivity index (χ1n) is 10.3. The number of nitrogens with one attached hydrogen (secondary N) is 1. The summed E-state index contributed by atoms with van der Waals surface area (Å²) in [4.78, 5) is 35.1. The Morgan fingerprint density at radius 3 is 2.81 bits per heavy atom.